The van der Waals surface area contributed by atoms with Crippen LogP contribution < -0.4 is 15.4 Å². The Morgan fingerprint density at radius 3 is 2.62 bits per heavy atom. The number of ether oxygens (including phenoxy) is 1. The lowest BCUT2D eigenvalue weighted by Gasteiger charge is -2.32. The Morgan fingerprint density at radius 2 is 2.05 bits per heavy atom. The van der Waals surface area contributed by atoms with Gasteiger partial charge in [-0.3, -0.25) is 4.79 Å². The van der Waals surface area contributed by atoms with Gasteiger partial charge in [-0.2, -0.15) is 0 Å². The van der Waals surface area contributed by atoms with Crippen molar-refractivity contribution in [2.45, 2.75) is 26.9 Å². The lowest BCUT2D eigenvalue weighted by molar-refractivity contribution is -0.127. The summed E-state index contributed by atoms with van der Waals surface area (Å²) < 4.78 is 5.85. The van der Waals surface area contributed by atoms with Crippen LogP contribution in [0.25, 0.3) is 0 Å². The van der Waals surface area contributed by atoms with E-state index < -0.39 is 0 Å². The van der Waals surface area contributed by atoms with Gasteiger partial charge in [-0.1, -0.05) is 25.1 Å². The van der Waals surface area contributed by atoms with E-state index in [1.165, 1.54) is 0 Å². The molecule has 2 rings (SSSR count). The van der Waals surface area contributed by atoms with Gasteiger partial charge in [0.15, 0.2) is 0 Å². The van der Waals surface area contributed by atoms with E-state index in [1.54, 1.807) is 0 Å². The van der Waals surface area contributed by atoms with E-state index in [0.29, 0.717) is 12.5 Å². The van der Waals surface area contributed by atoms with Gasteiger partial charge in [0.25, 0.3) is 0 Å². The molecule has 2 N–H and O–H groups in total. The first kappa shape index (κ1) is 17.8. The van der Waals surface area contributed by atoms with Crippen LogP contribution in [0.5, 0.6) is 5.75 Å². The van der Waals surface area contributed by atoms with E-state index in [1.807, 2.05) is 45.0 Å². The van der Waals surface area contributed by atoms with Gasteiger partial charge in [-0.15, -0.1) is 12.4 Å². The number of carbonyl (C=O) groups is 1. The number of carbonyl (C=O) groups excluding carboxylic acids is 1. The molecular formula is C16H25ClN2O2. The van der Waals surface area contributed by atoms with Crippen molar-refractivity contribution in [1.29, 1.82) is 0 Å². The number of hydrogen-bond donors (Lipinski definition) is 2. The molecule has 1 amide bonds. The van der Waals surface area contributed by atoms with Crippen molar-refractivity contribution in [3.8, 4) is 5.75 Å². The molecule has 5 heteroatoms. The highest BCUT2D eigenvalue weighted by Gasteiger charge is 2.28. The molecule has 0 bridgehead atoms. The maximum atomic E-state index is 12.0. The molecule has 1 aromatic carbocycles. The van der Waals surface area contributed by atoms with Crippen molar-refractivity contribution in [3.05, 3.63) is 29.8 Å². The lowest BCUT2D eigenvalue weighted by Crippen LogP contribution is -2.50. The highest BCUT2D eigenvalue weighted by Crippen LogP contribution is 2.18. The smallest absolute Gasteiger partial charge is 0.223 e. The van der Waals surface area contributed by atoms with Crippen molar-refractivity contribution in [2.24, 2.45) is 11.8 Å². The molecule has 1 aromatic rings. The second-order valence-electron chi connectivity index (χ2n) is 5.65. The van der Waals surface area contributed by atoms with Gasteiger partial charge >= 0.3 is 0 Å². The SMILES string of the molecule is Cc1ccccc1OC(C)CNC(=O)C(C)C1CNC1.Cl. The van der Waals surface area contributed by atoms with Gasteiger partial charge < -0.3 is 15.4 Å². The molecule has 2 atom stereocenters. The summed E-state index contributed by atoms with van der Waals surface area (Å²) in [6.45, 7) is 8.42. The van der Waals surface area contributed by atoms with E-state index in [-0.39, 0.29) is 30.3 Å². The zero-order valence-electron chi connectivity index (χ0n) is 12.9. The highest BCUT2D eigenvalue weighted by atomic mass is 35.5. The fourth-order valence-electron chi connectivity index (χ4n) is 2.23. The molecule has 2 unspecified atom stereocenters. The van der Waals surface area contributed by atoms with Gasteiger partial charge in [0.1, 0.15) is 11.9 Å². The van der Waals surface area contributed by atoms with Gasteiger partial charge in [-0.25, -0.2) is 0 Å². The molecule has 1 heterocycles. The fraction of sp³-hybridized carbons (Fsp3) is 0.562. The third-order valence-corrected chi connectivity index (χ3v) is 3.92. The molecule has 1 fully saturated rings. The molecule has 118 valence electrons. The van der Waals surface area contributed by atoms with Crippen LogP contribution in [0.1, 0.15) is 19.4 Å². The molecule has 1 saturated heterocycles. The lowest BCUT2D eigenvalue weighted by atomic mass is 9.88. The number of hydrogen-bond acceptors (Lipinski definition) is 3. The van der Waals surface area contributed by atoms with E-state index in [4.69, 9.17) is 4.74 Å². The van der Waals surface area contributed by atoms with Gasteiger partial charge in [-0.05, 0) is 44.5 Å². The van der Waals surface area contributed by atoms with Crippen LogP contribution in [-0.4, -0.2) is 31.6 Å². The monoisotopic (exact) mass is 312 g/mol. The average molecular weight is 313 g/mol. The molecular weight excluding hydrogens is 288 g/mol. The van der Waals surface area contributed by atoms with Gasteiger partial charge in [0.2, 0.25) is 5.91 Å². The van der Waals surface area contributed by atoms with Crippen LogP contribution in [0, 0.1) is 18.8 Å². The number of para-hydroxylation sites is 1. The Morgan fingerprint density at radius 1 is 1.38 bits per heavy atom. The molecule has 0 spiro atoms. The van der Waals surface area contributed by atoms with E-state index in [0.717, 1.165) is 24.4 Å². The van der Waals surface area contributed by atoms with Crippen LogP contribution in [0.15, 0.2) is 24.3 Å². The summed E-state index contributed by atoms with van der Waals surface area (Å²) in [5.74, 6) is 1.55. The average Bonchev–Trinajstić information content (AvgIpc) is 2.36. The molecule has 0 saturated carbocycles. The third kappa shape index (κ3) is 4.90. The Kier molecular flexibility index (Phi) is 6.99. The second-order valence-corrected chi connectivity index (χ2v) is 5.65. The fourth-order valence-corrected chi connectivity index (χ4v) is 2.23. The molecule has 1 aliphatic heterocycles. The van der Waals surface area contributed by atoms with Crippen LogP contribution in [0.3, 0.4) is 0 Å². The summed E-state index contributed by atoms with van der Waals surface area (Å²) in [5.41, 5.74) is 1.11. The van der Waals surface area contributed by atoms with Crippen LogP contribution in [-0.2, 0) is 4.79 Å². The Hall–Kier alpha value is -1.26. The first-order valence-electron chi connectivity index (χ1n) is 7.28. The quantitative estimate of drug-likeness (QED) is 0.846. The third-order valence-electron chi connectivity index (χ3n) is 3.92. The van der Waals surface area contributed by atoms with Crippen molar-refractivity contribution >= 4 is 18.3 Å². The molecule has 0 radical (unpaired) electrons. The summed E-state index contributed by atoms with van der Waals surface area (Å²) in [6.07, 6.45) is -0.0354. The molecule has 4 nitrogen and oxygen atoms in total. The maximum absolute atomic E-state index is 12.0. The Bertz CT molecular complexity index is 463. The van der Waals surface area contributed by atoms with Crippen molar-refractivity contribution < 1.29 is 9.53 Å². The van der Waals surface area contributed by atoms with Crippen LogP contribution >= 0.6 is 12.4 Å². The van der Waals surface area contributed by atoms with Crippen LogP contribution in [0.4, 0.5) is 0 Å². The minimum Gasteiger partial charge on any atom is -0.489 e. The van der Waals surface area contributed by atoms with E-state index in [9.17, 15) is 4.79 Å². The van der Waals surface area contributed by atoms with Crippen molar-refractivity contribution in [2.75, 3.05) is 19.6 Å². The minimum absolute atomic E-state index is 0. The van der Waals surface area contributed by atoms with Crippen LogP contribution in [0.2, 0.25) is 0 Å². The maximum Gasteiger partial charge on any atom is 0.223 e. The number of nitrogens with one attached hydrogen (secondary N) is 2. The minimum atomic E-state index is -0.0354. The highest BCUT2D eigenvalue weighted by molar-refractivity contribution is 5.85. The van der Waals surface area contributed by atoms with Crippen molar-refractivity contribution in [1.82, 2.24) is 10.6 Å². The zero-order chi connectivity index (χ0) is 14.5. The summed E-state index contributed by atoms with van der Waals surface area (Å²) in [4.78, 5) is 12.0. The van der Waals surface area contributed by atoms with Gasteiger partial charge in [0.05, 0.1) is 6.54 Å². The molecule has 0 aliphatic carbocycles. The predicted molar refractivity (Wildman–Crippen MR) is 87.1 cm³/mol. The predicted octanol–water partition coefficient (Wildman–Crippen LogP) is 2.16. The second kappa shape index (κ2) is 8.25. The number of aryl methyl sites for hydroxylation is 1. The molecule has 1 aliphatic rings. The zero-order valence-corrected chi connectivity index (χ0v) is 13.7. The summed E-state index contributed by atoms with van der Waals surface area (Å²) in [5, 5.41) is 6.18. The largest absolute Gasteiger partial charge is 0.489 e. The van der Waals surface area contributed by atoms with E-state index >= 15 is 0 Å². The Labute approximate surface area is 133 Å². The van der Waals surface area contributed by atoms with Crippen molar-refractivity contribution in [3.63, 3.8) is 0 Å². The number of halogens is 1. The Balaban J connectivity index is 0.00000220. The molecule has 21 heavy (non-hydrogen) atoms. The topological polar surface area (TPSA) is 50.4 Å². The van der Waals surface area contributed by atoms with Gasteiger partial charge in [0, 0.05) is 5.92 Å². The number of amides is 1. The number of benzene rings is 1. The number of rotatable bonds is 6. The van der Waals surface area contributed by atoms with E-state index in [2.05, 4.69) is 10.6 Å². The molecule has 0 aromatic heterocycles. The standard InChI is InChI=1S/C16H24N2O2.ClH/c1-11-6-4-5-7-15(11)20-12(2)8-18-16(19)13(3)14-9-17-10-14;/h4-7,12-14,17H,8-10H2,1-3H3,(H,18,19);1H. The summed E-state index contributed by atoms with van der Waals surface area (Å²) in [7, 11) is 0. The summed E-state index contributed by atoms with van der Waals surface area (Å²) in [6, 6.07) is 7.92. The summed E-state index contributed by atoms with van der Waals surface area (Å²) >= 11 is 0. The first-order valence-corrected chi connectivity index (χ1v) is 7.28. The first-order chi connectivity index (χ1) is 9.58. The normalized spacial score (nSPS) is 17.1.